The van der Waals surface area contributed by atoms with E-state index in [1.54, 1.807) is 18.2 Å². The molecule has 0 saturated carbocycles. The van der Waals surface area contributed by atoms with E-state index < -0.39 is 0 Å². The van der Waals surface area contributed by atoms with Gasteiger partial charge in [-0.2, -0.15) is 0 Å². The first-order valence-corrected chi connectivity index (χ1v) is 6.88. The Kier molecular flexibility index (Phi) is 3.61. The van der Waals surface area contributed by atoms with E-state index in [0.717, 1.165) is 24.2 Å². The Labute approximate surface area is 122 Å². The fourth-order valence-corrected chi connectivity index (χ4v) is 2.37. The molecule has 0 aliphatic carbocycles. The quantitative estimate of drug-likeness (QED) is 0.876. The van der Waals surface area contributed by atoms with E-state index in [1.807, 2.05) is 24.3 Å². The average Bonchev–Trinajstić information content (AvgIpc) is 2.93. The van der Waals surface area contributed by atoms with Crippen LogP contribution in [0.2, 0.25) is 5.02 Å². The van der Waals surface area contributed by atoms with Crippen LogP contribution in [0.25, 0.3) is 0 Å². The van der Waals surface area contributed by atoms with Gasteiger partial charge >= 0.3 is 5.97 Å². The number of benzene rings is 2. The minimum Gasteiger partial charge on any atom is -0.457 e. The van der Waals surface area contributed by atoms with Crippen LogP contribution >= 0.6 is 11.6 Å². The number of carbonyl (C=O) groups is 1. The zero-order valence-corrected chi connectivity index (χ0v) is 11.6. The summed E-state index contributed by atoms with van der Waals surface area (Å²) in [7, 11) is 0. The van der Waals surface area contributed by atoms with Crippen LogP contribution in [0.1, 0.15) is 21.5 Å². The van der Waals surface area contributed by atoms with Gasteiger partial charge in [-0.25, -0.2) is 4.79 Å². The molecule has 3 nitrogen and oxygen atoms in total. The van der Waals surface area contributed by atoms with Crippen molar-refractivity contribution in [1.82, 2.24) is 0 Å². The second kappa shape index (κ2) is 5.55. The van der Waals surface area contributed by atoms with Gasteiger partial charge in [0.2, 0.25) is 0 Å². The van der Waals surface area contributed by atoms with Crippen molar-refractivity contribution in [2.24, 2.45) is 0 Å². The Bertz CT molecular complexity index is 637. The van der Waals surface area contributed by atoms with Gasteiger partial charge in [-0.05, 0) is 47.9 Å². The Morgan fingerprint density at radius 2 is 2.00 bits per heavy atom. The SMILES string of the molecule is O=C(OCc1ccc(Cl)cc1)c1ccc2c(c1)CCN2. The van der Waals surface area contributed by atoms with Crippen molar-refractivity contribution in [1.29, 1.82) is 0 Å². The first-order valence-electron chi connectivity index (χ1n) is 6.51. The van der Waals surface area contributed by atoms with Crippen LogP contribution in [0.3, 0.4) is 0 Å². The maximum atomic E-state index is 12.0. The van der Waals surface area contributed by atoms with E-state index in [2.05, 4.69) is 5.32 Å². The van der Waals surface area contributed by atoms with E-state index in [-0.39, 0.29) is 12.6 Å². The number of carbonyl (C=O) groups excluding carboxylic acids is 1. The third-order valence-electron chi connectivity index (χ3n) is 3.33. The molecule has 102 valence electrons. The number of anilines is 1. The molecule has 0 fully saturated rings. The fraction of sp³-hybridized carbons (Fsp3) is 0.188. The summed E-state index contributed by atoms with van der Waals surface area (Å²) in [5.74, 6) is -0.297. The van der Waals surface area contributed by atoms with E-state index in [9.17, 15) is 4.79 Å². The summed E-state index contributed by atoms with van der Waals surface area (Å²) in [5, 5.41) is 3.94. The summed E-state index contributed by atoms with van der Waals surface area (Å²) in [5.41, 5.74) is 3.80. The predicted molar refractivity (Wildman–Crippen MR) is 79.2 cm³/mol. The van der Waals surface area contributed by atoms with Gasteiger partial charge in [0.15, 0.2) is 0 Å². The zero-order valence-electron chi connectivity index (χ0n) is 10.9. The largest absolute Gasteiger partial charge is 0.457 e. The van der Waals surface area contributed by atoms with E-state index in [1.165, 1.54) is 5.56 Å². The summed E-state index contributed by atoms with van der Waals surface area (Å²) in [6.07, 6.45) is 0.952. The molecule has 1 aliphatic heterocycles. The van der Waals surface area contributed by atoms with Crippen molar-refractivity contribution in [3.05, 3.63) is 64.2 Å². The van der Waals surface area contributed by atoms with Crippen LogP contribution in [-0.4, -0.2) is 12.5 Å². The van der Waals surface area contributed by atoms with Crippen LogP contribution in [0.5, 0.6) is 0 Å². The number of hydrogen-bond donors (Lipinski definition) is 1. The normalized spacial score (nSPS) is 12.7. The molecule has 0 unspecified atom stereocenters. The highest BCUT2D eigenvalue weighted by Gasteiger charge is 2.14. The van der Waals surface area contributed by atoms with Gasteiger partial charge < -0.3 is 10.1 Å². The predicted octanol–water partition coefficient (Wildman–Crippen LogP) is 3.67. The molecule has 1 heterocycles. The van der Waals surface area contributed by atoms with Gasteiger partial charge in [-0.3, -0.25) is 0 Å². The molecule has 3 rings (SSSR count). The summed E-state index contributed by atoms with van der Waals surface area (Å²) in [4.78, 5) is 12.0. The van der Waals surface area contributed by atoms with Crippen LogP contribution in [0.4, 0.5) is 5.69 Å². The van der Waals surface area contributed by atoms with Gasteiger partial charge in [0.05, 0.1) is 5.56 Å². The highest BCUT2D eigenvalue weighted by atomic mass is 35.5. The molecule has 2 aromatic rings. The molecule has 2 aromatic carbocycles. The van der Waals surface area contributed by atoms with E-state index in [0.29, 0.717) is 10.6 Å². The van der Waals surface area contributed by atoms with Gasteiger partial charge in [0, 0.05) is 17.3 Å². The van der Waals surface area contributed by atoms with Crippen molar-refractivity contribution >= 4 is 23.3 Å². The lowest BCUT2D eigenvalue weighted by atomic mass is 10.1. The minimum atomic E-state index is -0.297. The molecule has 20 heavy (non-hydrogen) atoms. The summed E-state index contributed by atoms with van der Waals surface area (Å²) in [6, 6.07) is 12.9. The minimum absolute atomic E-state index is 0.255. The van der Waals surface area contributed by atoms with Crippen LogP contribution in [-0.2, 0) is 17.8 Å². The third kappa shape index (κ3) is 2.78. The number of hydrogen-bond acceptors (Lipinski definition) is 3. The van der Waals surface area contributed by atoms with E-state index >= 15 is 0 Å². The Balaban J connectivity index is 1.66. The molecule has 0 bridgehead atoms. The van der Waals surface area contributed by atoms with Crippen LogP contribution in [0, 0.1) is 0 Å². The van der Waals surface area contributed by atoms with Crippen molar-refractivity contribution in [3.63, 3.8) is 0 Å². The molecule has 0 amide bonds. The summed E-state index contributed by atoms with van der Waals surface area (Å²) < 4.78 is 5.31. The van der Waals surface area contributed by atoms with Crippen molar-refractivity contribution < 1.29 is 9.53 Å². The summed E-state index contributed by atoms with van der Waals surface area (Å²) >= 11 is 5.81. The molecule has 4 heteroatoms. The van der Waals surface area contributed by atoms with Crippen molar-refractivity contribution in [2.75, 3.05) is 11.9 Å². The average molecular weight is 288 g/mol. The number of esters is 1. The molecule has 0 saturated heterocycles. The van der Waals surface area contributed by atoms with Crippen LogP contribution < -0.4 is 5.32 Å². The first kappa shape index (κ1) is 13.0. The summed E-state index contributed by atoms with van der Waals surface area (Å²) in [6.45, 7) is 1.18. The van der Waals surface area contributed by atoms with Gasteiger partial charge in [0.25, 0.3) is 0 Å². The second-order valence-corrected chi connectivity index (χ2v) is 5.19. The standard InChI is InChI=1S/C16H14ClNO2/c17-14-4-1-11(2-5-14)10-20-16(19)13-3-6-15-12(9-13)7-8-18-15/h1-6,9,18H,7-8,10H2. The van der Waals surface area contributed by atoms with E-state index in [4.69, 9.17) is 16.3 Å². The Hall–Kier alpha value is -2.00. The molecule has 0 atom stereocenters. The molecular formula is C16H14ClNO2. The number of fused-ring (bicyclic) bond motifs is 1. The van der Waals surface area contributed by atoms with Crippen molar-refractivity contribution in [3.8, 4) is 0 Å². The molecular weight excluding hydrogens is 274 g/mol. The van der Waals surface area contributed by atoms with Crippen molar-refractivity contribution in [2.45, 2.75) is 13.0 Å². The Morgan fingerprint density at radius 3 is 2.80 bits per heavy atom. The third-order valence-corrected chi connectivity index (χ3v) is 3.59. The molecule has 1 aliphatic rings. The lowest BCUT2D eigenvalue weighted by molar-refractivity contribution is 0.0472. The lowest BCUT2D eigenvalue weighted by Crippen LogP contribution is -2.05. The molecule has 1 N–H and O–H groups in total. The zero-order chi connectivity index (χ0) is 13.9. The lowest BCUT2D eigenvalue weighted by Gasteiger charge is -2.06. The maximum absolute atomic E-state index is 12.0. The fourth-order valence-electron chi connectivity index (χ4n) is 2.24. The van der Waals surface area contributed by atoms with Gasteiger partial charge in [-0.15, -0.1) is 0 Å². The number of rotatable bonds is 3. The number of ether oxygens (including phenoxy) is 1. The second-order valence-electron chi connectivity index (χ2n) is 4.75. The number of nitrogens with one attached hydrogen (secondary N) is 1. The number of halogens is 1. The van der Waals surface area contributed by atoms with Crippen LogP contribution in [0.15, 0.2) is 42.5 Å². The molecule has 0 spiro atoms. The molecule has 0 aromatic heterocycles. The highest BCUT2D eigenvalue weighted by Crippen LogP contribution is 2.23. The monoisotopic (exact) mass is 287 g/mol. The van der Waals surface area contributed by atoms with Gasteiger partial charge in [0.1, 0.15) is 6.61 Å². The highest BCUT2D eigenvalue weighted by molar-refractivity contribution is 6.30. The topological polar surface area (TPSA) is 38.3 Å². The Morgan fingerprint density at radius 1 is 1.20 bits per heavy atom. The molecule has 0 radical (unpaired) electrons. The smallest absolute Gasteiger partial charge is 0.338 e. The van der Waals surface area contributed by atoms with Gasteiger partial charge in [-0.1, -0.05) is 23.7 Å². The maximum Gasteiger partial charge on any atom is 0.338 e. The first-order chi connectivity index (χ1) is 9.72.